The molecule has 2 aromatic rings. The molecule has 17 heavy (non-hydrogen) atoms. The lowest BCUT2D eigenvalue weighted by Gasteiger charge is -2.13. The number of rotatable bonds is 3. The topological polar surface area (TPSA) is 17.1 Å². The average Bonchev–Trinajstić information content (AvgIpc) is 2.35. The van der Waals surface area contributed by atoms with Crippen LogP contribution in [0.25, 0.3) is 0 Å². The maximum absolute atomic E-state index is 11.3. The van der Waals surface area contributed by atoms with Crippen LogP contribution in [0.15, 0.2) is 57.9 Å². The molecule has 0 bridgehead atoms. The first-order chi connectivity index (χ1) is 8.22. The molecule has 0 fully saturated rings. The van der Waals surface area contributed by atoms with E-state index >= 15 is 0 Å². The molecule has 3 heteroatoms. The van der Waals surface area contributed by atoms with Crippen LogP contribution in [-0.4, -0.2) is 6.29 Å². The van der Waals surface area contributed by atoms with E-state index in [9.17, 15) is 4.79 Å². The average molecular weight is 307 g/mol. The molecule has 86 valence electrons. The van der Waals surface area contributed by atoms with Crippen LogP contribution < -0.4 is 0 Å². The monoisotopic (exact) mass is 306 g/mol. The highest BCUT2D eigenvalue weighted by atomic mass is 79.9. The third kappa shape index (κ3) is 2.79. The smallest absolute Gasteiger partial charge is 0.131 e. The largest absolute Gasteiger partial charge is 0.302 e. The Morgan fingerprint density at radius 1 is 1.06 bits per heavy atom. The fourth-order valence-electron chi connectivity index (χ4n) is 1.75. The number of thiol groups is 1. The molecule has 1 nitrogen and oxygen atoms in total. The molecule has 0 saturated carbocycles. The fraction of sp³-hybridized carbons (Fsp3) is 0.0714. The molecule has 0 amide bonds. The quantitative estimate of drug-likeness (QED) is 0.668. The number of aldehydes is 1. The number of carbonyl (C=O) groups is 1. The van der Waals surface area contributed by atoms with E-state index in [1.807, 2.05) is 48.5 Å². The highest BCUT2D eigenvalue weighted by Crippen LogP contribution is 2.28. The van der Waals surface area contributed by atoms with Gasteiger partial charge in [-0.15, -0.1) is 12.6 Å². The summed E-state index contributed by atoms with van der Waals surface area (Å²) in [5.74, 6) is -0.253. The molecule has 0 spiro atoms. The first kappa shape index (κ1) is 12.4. The third-order valence-electron chi connectivity index (χ3n) is 2.64. The van der Waals surface area contributed by atoms with Gasteiger partial charge in [0, 0.05) is 9.37 Å². The van der Waals surface area contributed by atoms with Crippen LogP contribution in [0.2, 0.25) is 0 Å². The maximum atomic E-state index is 11.3. The Morgan fingerprint density at radius 3 is 2.29 bits per heavy atom. The lowest BCUT2D eigenvalue weighted by Crippen LogP contribution is -2.03. The van der Waals surface area contributed by atoms with Gasteiger partial charge in [0.1, 0.15) is 6.29 Å². The summed E-state index contributed by atoms with van der Waals surface area (Å²) in [7, 11) is 0. The third-order valence-corrected chi connectivity index (χ3v) is 3.57. The summed E-state index contributed by atoms with van der Waals surface area (Å²) >= 11 is 7.78. The predicted molar refractivity (Wildman–Crippen MR) is 75.7 cm³/mol. The molecule has 1 atom stereocenters. The molecular formula is C14H11BrOS. The van der Waals surface area contributed by atoms with Gasteiger partial charge in [-0.3, -0.25) is 0 Å². The van der Waals surface area contributed by atoms with Crippen LogP contribution >= 0.6 is 28.6 Å². The van der Waals surface area contributed by atoms with Gasteiger partial charge in [-0.25, -0.2) is 0 Å². The van der Waals surface area contributed by atoms with E-state index in [2.05, 4.69) is 28.6 Å². The van der Waals surface area contributed by atoms with E-state index in [1.54, 1.807) is 0 Å². The molecule has 2 aromatic carbocycles. The SMILES string of the molecule is O=CC(c1ccc(Br)cc1)c1ccccc1S. The van der Waals surface area contributed by atoms with Gasteiger partial charge in [0.25, 0.3) is 0 Å². The van der Waals surface area contributed by atoms with Gasteiger partial charge in [-0.05, 0) is 29.3 Å². The van der Waals surface area contributed by atoms with Crippen LogP contribution in [0.5, 0.6) is 0 Å². The molecular weight excluding hydrogens is 296 g/mol. The standard InChI is InChI=1S/C14H11BrOS/c15-11-7-5-10(6-8-11)13(9-16)12-3-1-2-4-14(12)17/h1-9,13,17H. The molecule has 0 aromatic heterocycles. The van der Waals surface area contributed by atoms with Crippen molar-refractivity contribution in [2.75, 3.05) is 0 Å². The van der Waals surface area contributed by atoms with Crippen molar-refractivity contribution in [1.82, 2.24) is 0 Å². The molecule has 0 aliphatic carbocycles. The molecule has 2 rings (SSSR count). The zero-order chi connectivity index (χ0) is 12.3. The van der Waals surface area contributed by atoms with Crippen molar-refractivity contribution in [2.24, 2.45) is 0 Å². The number of hydrogen-bond donors (Lipinski definition) is 1. The Hall–Kier alpha value is -1.06. The van der Waals surface area contributed by atoms with Gasteiger partial charge in [0.2, 0.25) is 0 Å². The summed E-state index contributed by atoms with van der Waals surface area (Å²) in [4.78, 5) is 12.1. The zero-order valence-corrected chi connectivity index (χ0v) is 11.5. The van der Waals surface area contributed by atoms with Crippen molar-refractivity contribution in [1.29, 1.82) is 0 Å². The van der Waals surface area contributed by atoms with Crippen molar-refractivity contribution in [3.05, 3.63) is 64.1 Å². The number of halogens is 1. The lowest BCUT2D eigenvalue weighted by atomic mass is 9.93. The summed E-state index contributed by atoms with van der Waals surface area (Å²) in [6, 6.07) is 15.4. The molecule has 0 saturated heterocycles. The van der Waals surface area contributed by atoms with Gasteiger partial charge < -0.3 is 4.79 Å². The van der Waals surface area contributed by atoms with Gasteiger partial charge in [0.05, 0.1) is 5.92 Å². The minimum Gasteiger partial charge on any atom is -0.302 e. The van der Waals surface area contributed by atoms with Gasteiger partial charge in [0.15, 0.2) is 0 Å². The number of hydrogen-bond acceptors (Lipinski definition) is 2. The van der Waals surface area contributed by atoms with E-state index in [-0.39, 0.29) is 5.92 Å². The predicted octanol–water partition coefficient (Wildman–Crippen LogP) is 4.07. The summed E-state index contributed by atoms with van der Waals surface area (Å²) in [5.41, 5.74) is 1.91. The van der Waals surface area contributed by atoms with Gasteiger partial charge in [-0.1, -0.05) is 46.3 Å². The minimum atomic E-state index is -0.253. The molecule has 0 N–H and O–H groups in total. The summed E-state index contributed by atoms with van der Waals surface area (Å²) in [6.07, 6.45) is 0.957. The van der Waals surface area contributed by atoms with E-state index in [1.165, 1.54) is 0 Å². The van der Waals surface area contributed by atoms with E-state index in [0.717, 1.165) is 26.8 Å². The Labute approximate surface area is 114 Å². The van der Waals surface area contributed by atoms with Crippen LogP contribution in [0, 0.1) is 0 Å². The summed E-state index contributed by atoms with van der Waals surface area (Å²) in [5, 5.41) is 0. The second-order valence-corrected chi connectivity index (χ2v) is 5.12. The van der Waals surface area contributed by atoms with Crippen molar-refractivity contribution < 1.29 is 4.79 Å². The van der Waals surface area contributed by atoms with Crippen LogP contribution in [0.4, 0.5) is 0 Å². The van der Waals surface area contributed by atoms with Gasteiger partial charge in [-0.2, -0.15) is 0 Å². The molecule has 0 aliphatic heterocycles. The summed E-state index contributed by atoms with van der Waals surface area (Å²) < 4.78 is 1.00. The second kappa shape index (κ2) is 5.52. The minimum absolute atomic E-state index is 0.253. The first-order valence-electron chi connectivity index (χ1n) is 5.21. The maximum Gasteiger partial charge on any atom is 0.131 e. The Bertz CT molecular complexity index is 522. The molecule has 0 aliphatic rings. The number of carbonyl (C=O) groups excluding carboxylic acids is 1. The van der Waals surface area contributed by atoms with E-state index < -0.39 is 0 Å². The Balaban J connectivity index is 2.44. The molecule has 0 heterocycles. The second-order valence-electron chi connectivity index (χ2n) is 3.72. The van der Waals surface area contributed by atoms with Crippen LogP contribution in [0.3, 0.4) is 0 Å². The van der Waals surface area contributed by atoms with E-state index in [0.29, 0.717) is 0 Å². The lowest BCUT2D eigenvalue weighted by molar-refractivity contribution is -0.108. The van der Waals surface area contributed by atoms with Crippen molar-refractivity contribution in [2.45, 2.75) is 10.8 Å². The van der Waals surface area contributed by atoms with Crippen molar-refractivity contribution in [3.63, 3.8) is 0 Å². The zero-order valence-electron chi connectivity index (χ0n) is 9.01. The first-order valence-corrected chi connectivity index (χ1v) is 6.45. The Kier molecular flexibility index (Phi) is 4.02. The normalized spacial score (nSPS) is 12.1. The molecule has 1 unspecified atom stereocenters. The fourth-order valence-corrected chi connectivity index (χ4v) is 2.32. The van der Waals surface area contributed by atoms with Crippen LogP contribution in [-0.2, 0) is 4.79 Å². The number of benzene rings is 2. The van der Waals surface area contributed by atoms with Gasteiger partial charge >= 0.3 is 0 Å². The van der Waals surface area contributed by atoms with Crippen molar-refractivity contribution >= 4 is 34.8 Å². The van der Waals surface area contributed by atoms with Crippen molar-refractivity contribution in [3.8, 4) is 0 Å². The highest BCUT2D eigenvalue weighted by Gasteiger charge is 2.14. The highest BCUT2D eigenvalue weighted by molar-refractivity contribution is 9.10. The molecule has 0 radical (unpaired) electrons. The Morgan fingerprint density at radius 2 is 1.71 bits per heavy atom. The summed E-state index contributed by atoms with van der Waals surface area (Å²) in [6.45, 7) is 0. The van der Waals surface area contributed by atoms with Crippen LogP contribution in [0.1, 0.15) is 17.0 Å². The van der Waals surface area contributed by atoms with E-state index in [4.69, 9.17) is 0 Å².